The fourth-order valence-corrected chi connectivity index (χ4v) is 1.10. The summed E-state index contributed by atoms with van der Waals surface area (Å²) in [5, 5.41) is 8.98. The average molecular weight is 254 g/mol. The highest BCUT2D eigenvalue weighted by Gasteiger charge is 1.93. The van der Waals surface area contributed by atoms with Gasteiger partial charge in [-0.2, -0.15) is 0 Å². The van der Waals surface area contributed by atoms with Crippen LogP contribution in [0.25, 0.3) is 0 Å². The van der Waals surface area contributed by atoms with Crippen molar-refractivity contribution in [1.29, 1.82) is 0 Å². The normalized spacial score (nSPS) is 9.24. The van der Waals surface area contributed by atoms with E-state index in [-0.39, 0.29) is 5.75 Å². The van der Waals surface area contributed by atoms with Gasteiger partial charge in [0, 0.05) is 23.6 Å². The van der Waals surface area contributed by atoms with Crippen LogP contribution in [0.5, 0.6) is 5.75 Å². The molecular weight excluding hydrogens is 242 g/mol. The smallest absolute Gasteiger partial charge is 0.290 e. The van der Waals surface area contributed by atoms with Gasteiger partial charge in [0.15, 0.2) is 5.75 Å². The first-order valence-electron chi connectivity index (χ1n) is 4.67. The first kappa shape index (κ1) is 12.9. The molecule has 6 heteroatoms. The topological polar surface area (TPSA) is 105 Å². The van der Waals surface area contributed by atoms with E-state index in [1.807, 2.05) is 0 Å². The molecule has 0 atom stereocenters. The highest BCUT2D eigenvalue weighted by Crippen LogP contribution is 2.08. The molecular formula is C11H12ClN3O2. The van der Waals surface area contributed by atoms with Crippen LogP contribution in [-0.2, 0) is 0 Å². The number of hydrogen-bond acceptors (Lipinski definition) is 4. The molecule has 0 saturated heterocycles. The fourth-order valence-electron chi connectivity index (χ4n) is 0.942. The first-order chi connectivity index (χ1) is 7.99. The SMILES string of the molecule is Nc1ccc(N)cc1.O=c1[nH]cc(Cl)cc1O. The molecule has 0 bridgehead atoms. The third-order valence-electron chi connectivity index (χ3n) is 1.78. The fraction of sp³-hybridized carbons (Fsp3) is 0. The van der Waals surface area contributed by atoms with E-state index in [4.69, 9.17) is 28.2 Å². The molecule has 2 rings (SSSR count). The minimum atomic E-state index is -0.528. The number of nitrogen functional groups attached to an aromatic ring is 2. The van der Waals surface area contributed by atoms with Gasteiger partial charge in [-0.25, -0.2) is 0 Å². The highest BCUT2D eigenvalue weighted by molar-refractivity contribution is 6.30. The van der Waals surface area contributed by atoms with E-state index in [0.717, 1.165) is 11.4 Å². The Morgan fingerprint density at radius 1 is 1.12 bits per heavy atom. The van der Waals surface area contributed by atoms with Crippen LogP contribution in [0, 0.1) is 0 Å². The maximum absolute atomic E-state index is 10.4. The van der Waals surface area contributed by atoms with E-state index >= 15 is 0 Å². The summed E-state index contributed by atoms with van der Waals surface area (Å²) in [6.07, 6.45) is 1.31. The predicted octanol–water partition coefficient (Wildman–Crippen LogP) is 1.58. The summed E-state index contributed by atoms with van der Waals surface area (Å²) < 4.78 is 0. The Balaban J connectivity index is 0.000000171. The summed E-state index contributed by atoms with van der Waals surface area (Å²) in [5.41, 5.74) is 11.7. The van der Waals surface area contributed by atoms with Crippen LogP contribution in [0.15, 0.2) is 41.3 Å². The number of aromatic nitrogens is 1. The summed E-state index contributed by atoms with van der Waals surface area (Å²) in [6, 6.07) is 8.27. The van der Waals surface area contributed by atoms with Crippen molar-refractivity contribution in [3.05, 3.63) is 51.9 Å². The van der Waals surface area contributed by atoms with Gasteiger partial charge < -0.3 is 21.6 Å². The first-order valence-corrected chi connectivity index (χ1v) is 5.05. The molecule has 0 unspecified atom stereocenters. The van der Waals surface area contributed by atoms with Crippen molar-refractivity contribution in [2.75, 3.05) is 11.5 Å². The number of rotatable bonds is 0. The zero-order chi connectivity index (χ0) is 12.8. The maximum atomic E-state index is 10.4. The van der Waals surface area contributed by atoms with Crippen molar-refractivity contribution in [3.63, 3.8) is 0 Å². The molecule has 6 N–H and O–H groups in total. The number of benzene rings is 1. The zero-order valence-electron chi connectivity index (χ0n) is 8.85. The summed E-state index contributed by atoms with van der Waals surface area (Å²) in [7, 11) is 0. The minimum Gasteiger partial charge on any atom is -0.503 e. The Morgan fingerprint density at radius 2 is 1.59 bits per heavy atom. The van der Waals surface area contributed by atoms with E-state index in [0.29, 0.717) is 5.02 Å². The lowest BCUT2D eigenvalue weighted by Crippen LogP contribution is -2.02. The number of nitrogens with two attached hydrogens (primary N) is 2. The van der Waals surface area contributed by atoms with Crippen molar-refractivity contribution in [2.45, 2.75) is 0 Å². The van der Waals surface area contributed by atoms with E-state index in [1.165, 1.54) is 12.3 Å². The van der Waals surface area contributed by atoms with Gasteiger partial charge in [-0.3, -0.25) is 4.79 Å². The molecule has 5 nitrogen and oxygen atoms in total. The molecule has 1 aromatic carbocycles. The highest BCUT2D eigenvalue weighted by atomic mass is 35.5. The third-order valence-corrected chi connectivity index (χ3v) is 2.00. The van der Waals surface area contributed by atoms with Crippen LogP contribution in [0.1, 0.15) is 0 Å². The van der Waals surface area contributed by atoms with Crippen molar-refractivity contribution < 1.29 is 5.11 Å². The standard InChI is InChI=1S/C6H8N2.C5H4ClNO2/c7-5-1-2-6(8)4-3-5;6-3-1-4(8)5(9)7-2-3/h1-4H,7-8H2;1-2,8H,(H,7,9). The Bertz CT molecular complexity index is 516. The van der Waals surface area contributed by atoms with Crippen LogP contribution >= 0.6 is 11.6 Å². The second-order valence-corrected chi connectivity index (χ2v) is 3.64. The lowest BCUT2D eigenvalue weighted by Gasteiger charge is -1.90. The summed E-state index contributed by atoms with van der Waals surface area (Å²) in [4.78, 5) is 12.6. The number of halogens is 1. The van der Waals surface area contributed by atoms with Gasteiger partial charge in [-0.05, 0) is 24.3 Å². The summed E-state index contributed by atoms with van der Waals surface area (Å²) in [6.45, 7) is 0. The lowest BCUT2D eigenvalue weighted by molar-refractivity contribution is 0.466. The maximum Gasteiger partial charge on any atom is 0.290 e. The van der Waals surface area contributed by atoms with Gasteiger partial charge in [0.1, 0.15) is 0 Å². The van der Waals surface area contributed by atoms with Crippen molar-refractivity contribution in [1.82, 2.24) is 4.98 Å². The largest absolute Gasteiger partial charge is 0.503 e. The number of hydrogen-bond donors (Lipinski definition) is 4. The number of aromatic hydroxyl groups is 1. The minimum absolute atomic E-state index is 0.312. The second-order valence-electron chi connectivity index (χ2n) is 3.20. The Hall–Kier alpha value is -2.14. The van der Waals surface area contributed by atoms with E-state index in [9.17, 15) is 4.79 Å². The molecule has 2 aromatic rings. The van der Waals surface area contributed by atoms with Gasteiger partial charge in [-0.1, -0.05) is 11.6 Å². The number of aromatic amines is 1. The van der Waals surface area contributed by atoms with Crippen molar-refractivity contribution in [2.24, 2.45) is 0 Å². The monoisotopic (exact) mass is 253 g/mol. The van der Waals surface area contributed by atoms with Gasteiger partial charge in [0.2, 0.25) is 0 Å². The second kappa shape index (κ2) is 5.81. The average Bonchev–Trinajstić information content (AvgIpc) is 2.29. The molecule has 1 aromatic heterocycles. The molecule has 0 aliphatic carbocycles. The molecule has 17 heavy (non-hydrogen) atoms. The Labute approximate surface area is 103 Å². The van der Waals surface area contributed by atoms with Crippen LogP contribution < -0.4 is 17.0 Å². The molecule has 0 aliphatic heterocycles. The summed E-state index contributed by atoms with van der Waals surface area (Å²) in [5.74, 6) is -0.359. The van der Waals surface area contributed by atoms with Gasteiger partial charge in [0.05, 0.1) is 5.02 Å². The quantitative estimate of drug-likeness (QED) is 0.535. The van der Waals surface area contributed by atoms with E-state index < -0.39 is 5.56 Å². The van der Waals surface area contributed by atoms with Crippen LogP contribution in [0.3, 0.4) is 0 Å². The number of nitrogens with one attached hydrogen (secondary N) is 1. The molecule has 0 aliphatic rings. The predicted molar refractivity (Wildman–Crippen MR) is 69.0 cm³/mol. The number of pyridine rings is 1. The number of H-pyrrole nitrogens is 1. The van der Waals surface area contributed by atoms with Crippen LogP contribution in [-0.4, -0.2) is 10.1 Å². The van der Waals surface area contributed by atoms with Gasteiger partial charge >= 0.3 is 0 Å². The Kier molecular flexibility index (Phi) is 4.42. The van der Waals surface area contributed by atoms with E-state index in [2.05, 4.69) is 4.98 Å². The van der Waals surface area contributed by atoms with Gasteiger partial charge in [-0.15, -0.1) is 0 Å². The third kappa shape index (κ3) is 4.48. The van der Waals surface area contributed by atoms with Gasteiger partial charge in [0.25, 0.3) is 5.56 Å². The molecule has 0 spiro atoms. The van der Waals surface area contributed by atoms with Crippen molar-refractivity contribution in [3.8, 4) is 5.75 Å². The molecule has 0 saturated carbocycles. The Morgan fingerprint density at radius 3 is 1.94 bits per heavy atom. The van der Waals surface area contributed by atoms with Crippen LogP contribution in [0.2, 0.25) is 5.02 Å². The number of anilines is 2. The molecule has 0 fully saturated rings. The molecule has 90 valence electrons. The summed E-state index contributed by atoms with van der Waals surface area (Å²) >= 11 is 5.39. The molecule has 1 heterocycles. The van der Waals surface area contributed by atoms with Crippen LogP contribution in [0.4, 0.5) is 11.4 Å². The molecule has 0 amide bonds. The van der Waals surface area contributed by atoms with Crippen molar-refractivity contribution >= 4 is 23.0 Å². The van der Waals surface area contributed by atoms with E-state index in [1.54, 1.807) is 24.3 Å². The lowest BCUT2D eigenvalue weighted by atomic mass is 10.3. The zero-order valence-corrected chi connectivity index (χ0v) is 9.61. The molecule has 0 radical (unpaired) electrons.